The second-order valence-electron chi connectivity index (χ2n) is 3.83. The number of benzene rings is 1. The van der Waals surface area contributed by atoms with E-state index in [0.717, 1.165) is 11.3 Å². The summed E-state index contributed by atoms with van der Waals surface area (Å²) in [6.07, 6.45) is -0.394. The van der Waals surface area contributed by atoms with Crippen molar-refractivity contribution in [3.8, 4) is 5.75 Å². The average molecular weight is 249 g/mol. The lowest BCUT2D eigenvalue weighted by molar-refractivity contribution is 0.141. The van der Waals surface area contributed by atoms with Gasteiger partial charge in [0.2, 0.25) is 0 Å². The van der Waals surface area contributed by atoms with Crippen molar-refractivity contribution >= 4 is 0 Å². The first-order valence-corrected chi connectivity index (χ1v) is 5.56. The number of nitrogens with zero attached hydrogens (tertiary/aromatic N) is 2. The van der Waals surface area contributed by atoms with Crippen molar-refractivity contribution in [3.63, 3.8) is 0 Å². The van der Waals surface area contributed by atoms with Crippen LogP contribution in [0.5, 0.6) is 5.75 Å². The van der Waals surface area contributed by atoms with Crippen molar-refractivity contribution in [2.75, 3.05) is 13.7 Å². The van der Waals surface area contributed by atoms with E-state index in [4.69, 9.17) is 15.0 Å². The number of hydrogen-bond donors (Lipinski definition) is 2. The maximum atomic E-state index is 9.45. The van der Waals surface area contributed by atoms with Crippen LogP contribution in [-0.2, 0) is 6.42 Å². The van der Waals surface area contributed by atoms with Crippen molar-refractivity contribution in [1.82, 2.24) is 10.1 Å². The van der Waals surface area contributed by atoms with Crippen LogP contribution >= 0.6 is 0 Å². The summed E-state index contributed by atoms with van der Waals surface area (Å²) in [7, 11) is 1.61. The van der Waals surface area contributed by atoms with Crippen LogP contribution in [-0.4, -0.2) is 28.9 Å². The average Bonchev–Trinajstić information content (AvgIpc) is 2.86. The smallest absolute Gasteiger partial charge is 0.256 e. The van der Waals surface area contributed by atoms with Crippen molar-refractivity contribution in [1.29, 1.82) is 0 Å². The highest BCUT2D eigenvalue weighted by Crippen LogP contribution is 2.16. The summed E-state index contributed by atoms with van der Waals surface area (Å²) in [5.41, 5.74) is 6.31. The van der Waals surface area contributed by atoms with Crippen LogP contribution < -0.4 is 10.5 Å². The van der Waals surface area contributed by atoms with Crippen molar-refractivity contribution in [2.45, 2.75) is 12.5 Å². The van der Waals surface area contributed by atoms with E-state index in [9.17, 15) is 5.11 Å². The Morgan fingerprint density at radius 2 is 2.33 bits per heavy atom. The summed E-state index contributed by atoms with van der Waals surface area (Å²) in [6, 6.07) is 7.60. The van der Waals surface area contributed by atoms with Gasteiger partial charge in [0.25, 0.3) is 5.89 Å². The van der Waals surface area contributed by atoms with Gasteiger partial charge < -0.3 is 20.1 Å². The van der Waals surface area contributed by atoms with Gasteiger partial charge in [-0.3, -0.25) is 0 Å². The first-order chi connectivity index (χ1) is 8.72. The third-order valence-electron chi connectivity index (χ3n) is 2.49. The summed E-state index contributed by atoms with van der Waals surface area (Å²) in [4.78, 5) is 4.08. The lowest BCUT2D eigenvalue weighted by Gasteiger charge is -2.01. The van der Waals surface area contributed by atoms with Gasteiger partial charge in [0.1, 0.15) is 11.9 Å². The van der Waals surface area contributed by atoms with E-state index in [0.29, 0.717) is 12.2 Å². The molecule has 0 aliphatic heterocycles. The lowest BCUT2D eigenvalue weighted by Crippen LogP contribution is -2.11. The van der Waals surface area contributed by atoms with Crippen LogP contribution in [0.3, 0.4) is 0 Å². The van der Waals surface area contributed by atoms with Crippen molar-refractivity contribution < 1.29 is 14.4 Å². The number of aromatic nitrogens is 2. The van der Waals surface area contributed by atoms with Crippen LogP contribution in [0, 0.1) is 0 Å². The summed E-state index contributed by atoms with van der Waals surface area (Å²) in [5, 5.41) is 13.2. The predicted octanol–water partition coefficient (Wildman–Crippen LogP) is 0.661. The van der Waals surface area contributed by atoms with E-state index >= 15 is 0 Å². The Hall–Kier alpha value is -1.92. The number of ether oxygens (including phenoxy) is 1. The summed E-state index contributed by atoms with van der Waals surface area (Å²) < 4.78 is 10.1. The molecule has 6 nitrogen and oxygen atoms in total. The topological polar surface area (TPSA) is 94.4 Å². The fraction of sp³-hybridized carbons (Fsp3) is 0.333. The molecule has 0 amide bonds. The number of aliphatic hydroxyl groups excluding tert-OH is 1. The molecule has 0 radical (unpaired) electrons. The van der Waals surface area contributed by atoms with Gasteiger partial charge in [0.15, 0.2) is 5.82 Å². The first-order valence-electron chi connectivity index (χ1n) is 5.56. The zero-order valence-electron chi connectivity index (χ0n) is 10.0. The molecule has 0 unspecified atom stereocenters. The maximum absolute atomic E-state index is 9.45. The van der Waals surface area contributed by atoms with Gasteiger partial charge in [0.05, 0.1) is 7.11 Å². The normalized spacial score (nSPS) is 12.4. The monoisotopic (exact) mass is 249 g/mol. The molecule has 1 heterocycles. The predicted molar refractivity (Wildman–Crippen MR) is 64.1 cm³/mol. The van der Waals surface area contributed by atoms with Gasteiger partial charge in [0, 0.05) is 13.0 Å². The summed E-state index contributed by atoms with van der Waals surface area (Å²) in [6.45, 7) is 0.0563. The third-order valence-corrected chi connectivity index (χ3v) is 2.49. The van der Waals surface area contributed by atoms with Crippen LogP contribution in [0.15, 0.2) is 28.8 Å². The standard InChI is InChI=1S/C12H15N3O3/c1-17-9-4-2-3-8(5-9)6-11-14-12(18-15-11)10(16)7-13/h2-5,10,16H,6-7,13H2,1H3/t10-/m0/s1. The largest absolute Gasteiger partial charge is 0.497 e. The SMILES string of the molecule is COc1cccc(Cc2noc([C@@H](O)CN)n2)c1. The highest BCUT2D eigenvalue weighted by molar-refractivity contribution is 5.30. The lowest BCUT2D eigenvalue weighted by atomic mass is 10.1. The molecular weight excluding hydrogens is 234 g/mol. The Morgan fingerprint density at radius 3 is 3.06 bits per heavy atom. The third kappa shape index (κ3) is 2.85. The van der Waals surface area contributed by atoms with E-state index in [1.165, 1.54) is 0 Å². The molecule has 0 fully saturated rings. The molecule has 2 aromatic rings. The molecule has 1 aromatic carbocycles. The molecule has 18 heavy (non-hydrogen) atoms. The van der Waals surface area contributed by atoms with E-state index in [-0.39, 0.29) is 12.4 Å². The Morgan fingerprint density at radius 1 is 1.50 bits per heavy atom. The van der Waals surface area contributed by atoms with E-state index in [1.807, 2.05) is 24.3 Å². The van der Waals surface area contributed by atoms with Crippen LogP contribution in [0.4, 0.5) is 0 Å². The molecule has 2 rings (SSSR count). The quantitative estimate of drug-likeness (QED) is 0.808. The summed E-state index contributed by atoms with van der Waals surface area (Å²) >= 11 is 0. The van der Waals surface area contributed by atoms with Crippen LogP contribution in [0.1, 0.15) is 23.4 Å². The van der Waals surface area contributed by atoms with E-state index in [1.54, 1.807) is 7.11 Å². The molecule has 0 saturated heterocycles. The highest BCUT2D eigenvalue weighted by Gasteiger charge is 2.14. The number of hydrogen-bond acceptors (Lipinski definition) is 6. The molecule has 0 bridgehead atoms. The molecular formula is C12H15N3O3. The fourth-order valence-electron chi connectivity index (χ4n) is 1.54. The van der Waals surface area contributed by atoms with Crippen LogP contribution in [0.2, 0.25) is 0 Å². The number of aliphatic hydroxyl groups is 1. The second kappa shape index (κ2) is 5.61. The molecule has 0 aliphatic rings. The van der Waals surface area contributed by atoms with Gasteiger partial charge in [-0.15, -0.1) is 0 Å². The molecule has 1 atom stereocenters. The van der Waals surface area contributed by atoms with Gasteiger partial charge in [-0.1, -0.05) is 17.3 Å². The Balaban J connectivity index is 2.11. The molecule has 0 aliphatic carbocycles. The Labute approximate surface area is 104 Å². The molecule has 1 aromatic heterocycles. The highest BCUT2D eigenvalue weighted by atomic mass is 16.5. The Bertz CT molecular complexity index is 513. The Kier molecular flexibility index (Phi) is 3.91. The maximum Gasteiger partial charge on any atom is 0.256 e. The van der Waals surface area contributed by atoms with Crippen molar-refractivity contribution in [2.24, 2.45) is 5.73 Å². The zero-order chi connectivity index (χ0) is 13.0. The van der Waals surface area contributed by atoms with E-state index in [2.05, 4.69) is 10.1 Å². The van der Waals surface area contributed by atoms with Gasteiger partial charge in [-0.2, -0.15) is 4.98 Å². The molecule has 6 heteroatoms. The minimum absolute atomic E-state index is 0.0563. The van der Waals surface area contributed by atoms with Gasteiger partial charge >= 0.3 is 0 Å². The fourth-order valence-corrected chi connectivity index (χ4v) is 1.54. The molecule has 3 N–H and O–H groups in total. The first kappa shape index (κ1) is 12.5. The summed E-state index contributed by atoms with van der Waals surface area (Å²) in [5.74, 6) is 1.43. The van der Waals surface area contributed by atoms with E-state index < -0.39 is 6.10 Å². The number of nitrogens with two attached hydrogens (primary N) is 1. The molecule has 96 valence electrons. The number of rotatable bonds is 5. The second-order valence-corrected chi connectivity index (χ2v) is 3.83. The minimum atomic E-state index is -0.906. The van der Waals surface area contributed by atoms with Crippen molar-refractivity contribution in [3.05, 3.63) is 41.5 Å². The zero-order valence-corrected chi connectivity index (χ0v) is 10.0. The van der Waals surface area contributed by atoms with Gasteiger partial charge in [-0.05, 0) is 17.7 Å². The minimum Gasteiger partial charge on any atom is -0.497 e. The number of methoxy groups -OCH3 is 1. The van der Waals surface area contributed by atoms with Gasteiger partial charge in [-0.25, -0.2) is 0 Å². The molecule has 0 spiro atoms. The molecule has 0 saturated carbocycles. The van der Waals surface area contributed by atoms with Crippen LogP contribution in [0.25, 0.3) is 0 Å².